The van der Waals surface area contributed by atoms with Gasteiger partial charge in [-0.25, -0.2) is 4.98 Å². The molecule has 0 atom stereocenters. The second-order valence-corrected chi connectivity index (χ2v) is 2.01. The maximum atomic E-state index is 10.7. The molecule has 2 N–H and O–H groups in total. The molecule has 0 radical (unpaired) electrons. The van der Waals surface area contributed by atoms with E-state index in [0.29, 0.717) is 5.95 Å². The summed E-state index contributed by atoms with van der Waals surface area (Å²) >= 11 is 2.80. The summed E-state index contributed by atoms with van der Waals surface area (Å²) < 4.78 is 0. The molecule has 1 heterocycles. The minimum atomic E-state index is -0.406. The second kappa shape index (κ2) is 3.78. The SMILES string of the molecule is O=C(C#CBr)Nc1ncc[nH]1. The van der Waals surface area contributed by atoms with Crippen LogP contribution in [0.3, 0.4) is 0 Å². The number of carbonyl (C=O) groups excluding carboxylic acids is 1. The lowest BCUT2D eigenvalue weighted by atomic mass is 10.6. The van der Waals surface area contributed by atoms with Crippen LogP contribution in [0.1, 0.15) is 0 Å². The summed E-state index contributed by atoms with van der Waals surface area (Å²) in [5, 5.41) is 2.41. The molecule has 56 valence electrons. The molecule has 1 amide bonds. The number of rotatable bonds is 1. The van der Waals surface area contributed by atoms with Gasteiger partial charge < -0.3 is 4.98 Å². The number of H-pyrrole nitrogens is 1. The summed E-state index contributed by atoms with van der Waals surface area (Å²) in [6.07, 6.45) is 3.15. The second-order valence-electron chi connectivity index (χ2n) is 1.61. The fourth-order valence-corrected chi connectivity index (χ4v) is 0.695. The van der Waals surface area contributed by atoms with Crippen molar-refractivity contribution in [3.8, 4) is 10.8 Å². The molecular weight excluding hydrogens is 210 g/mol. The molecule has 1 aromatic heterocycles. The highest BCUT2D eigenvalue weighted by atomic mass is 79.9. The zero-order valence-electron chi connectivity index (χ0n) is 5.39. The Labute approximate surface area is 71.5 Å². The summed E-state index contributed by atoms with van der Waals surface area (Å²) in [5.41, 5.74) is 0. The molecule has 1 aromatic rings. The molecule has 0 aliphatic carbocycles. The number of hydrogen-bond acceptors (Lipinski definition) is 2. The van der Waals surface area contributed by atoms with Gasteiger partial charge in [0, 0.05) is 34.2 Å². The lowest BCUT2D eigenvalue weighted by Gasteiger charge is -1.91. The fraction of sp³-hybridized carbons (Fsp3) is 0. The van der Waals surface area contributed by atoms with Gasteiger partial charge in [0.1, 0.15) is 0 Å². The minimum absolute atomic E-state index is 0.394. The number of imidazole rings is 1. The predicted octanol–water partition coefficient (Wildman–Crippen LogP) is 0.704. The van der Waals surface area contributed by atoms with Crippen LogP contribution in [0, 0.1) is 10.8 Å². The van der Waals surface area contributed by atoms with Gasteiger partial charge in [-0.05, 0) is 4.83 Å². The largest absolute Gasteiger partial charge is 0.331 e. The van der Waals surface area contributed by atoms with E-state index in [9.17, 15) is 4.79 Å². The molecule has 4 nitrogen and oxygen atoms in total. The molecule has 11 heavy (non-hydrogen) atoms. The smallest absolute Gasteiger partial charge is 0.303 e. The van der Waals surface area contributed by atoms with Crippen molar-refractivity contribution in [3.05, 3.63) is 12.4 Å². The number of aromatic nitrogens is 2. The fourth-order valence-electron chi connectivity index (χ4n) is 0.515. The van der Waals surface area contributed by atoms with Crippen molar-refractivity contribution in [2.75, 3.05) is 5.32 Å². The summed E-state index contributed by atoms with van der Waals surface area (Å²) in [5.74, 6) is 2.23. The Bertz CT molecular complexity index is 295. The van der Waals surface area contributed by atoms with Crippen LogP contribution in [0.4, 0.5) is 5.95 Å². The molecule has 0 aliphatic rings. The minimum Gasteiger partial charge on any atom is -0.331 e. The van der Waals surface area contributed by atoms with Crippen molar-refractivity contribution in [1.29, 1.82) is 0 Å². The van der Waals surface area contributed by atoms with Crippen LogP contribution < -0.4 is 5.32 Å². The van der Waals surface area contributed by atoms with Crippen LogP contribution in [-0.2, 0) is 4.79 Å². The van der Waals surface area contributed by atoms with Gasteiger partial charge in [0.15, 0.2) is 0 Å². The highest BCUT2D eigenvalue weighted by molar-refractivity contribution is 9.12. The van der Waals surface area contributed by atoms with Crippen molar-refractivity contribution in [2.24, 2.45) is 0 Å². The van der Waals surface area contributed by atoms with Crippen LogP contribution in [-0.4, -0.2) is 15.9 Å². The number of halogens is 1. The van der Waals surface area contributed by atoms with Crippen molar-refractivity contribution in [1.82, 2.24) is 9.97 Å². The summed E-state index contributed by atoms with van der Waals surface area (Å²) in [6.45, 7) is 0. The van der Waals surface area contributed by atoms with E-state index in [1.54, 1.807) is 6.20 Å². The maximum absolute atomic E-state index is 10.7. The van der Waals surface area contributed by atoms with Crippen LogP contribution in [0.15, 0.2) is 12.4 Å². The number of hydrogen-bond donors (Lipinski definition) is 2. The molecular formula is C6H4BrN3O. The number of anilines is 1. The number of amides is 1. The highest BCUT2D eigenvalue weighted by Crippen LogP contribution is 1.93. The number of nitrogens with one attached hydrogen (secondary N) is 2. The first kappa shape index (κ1) is 7.82. The lowest BCUT2D eigenvalue weighted by Crippen LogP contribution is -2.09. The van der Waals surface area contributed by atoms with Gasteiger partial charge in [0.2, 0.25) is 5.95 Å². The predicted molar refractivity (Wildman–Crippen MR) is 43.9 cm³/mol. The van der Waals surface area contributed by atoms with Gasteiger partial charge in [-0.15, -0.1) is 0 Å². The Morgan fingerprint density at radius 1 is 1.82 bits per heavy atom. The van der Waals surface area contributed by atoms with Gasteiger partial charge in [-0.1, -0.05) is 0 Å². The molecule has 0 unspecified atom stereocenters. The van der Waals surface area contributed by atoms with Gasteiger partial charge in [0.25, 0.3) is 0 Å². The Balaban J connectivity index is 2.55. The number of carbonyl (C=O) groups is 1. The number of aromatic amines is 1. The maximum Gasteiger partial charge on any atom is 0.303 e. The van der Waals surface area contributed by atoms with E-state index in [2.05, 4.69) is 42.0 Å². The van der Waals surface area contributed by atoms with Crippen molar-refractivity contribution in [2.45, 2.75) is 0 Å². The molecule has 0 fully saturated rings. The van der Waals surface area contributed by atoms with Crippen molar-refractivity contribution < 1.29 is 4.79 Å². The van der Waals surface area contributed by atoms with Gasteiger partial charge in [-0.2, -0.15) is 0 Å². The molecule has 0 aromatic carbocycles. The average molecular weight is 214 g/mol. The standard InChI is InChI=1S/C6H4BrN3O/c7-2-1-5(11)10-6-8-3-4-9-6/h3-4H,(H2,8,9,10,11). The zero-order valence-corrected chi connectivity index (χ0v) is 6.97. The molecule has 0 saturated heterocycles. The summed E-state index contributed by atoms with van der Waals surface area (Å²) in [7, 11) is 0. The molecule has 0 aliphatic heterocycles. The first-order valence-corrected chi connectivity index (χ1v) is 3.54. The number of nitrogens with zero attached hydrogens (tertiary/aromatic N) is 1. The molecule has 0 bridgehead atoms. The third kappa shape index (κ3) is 2.43. The van der Waals surface area contributed by atoms with Crippen LogP contribution in [0.5, 0.6) is 0 Å². The van der Waals surface area contributed by atoms with Gasteiger partial charge >= 0.3 is 5.91 Å². The van der Waals surface area contributed by atoms with Crippen molar-refractivity contribution in [3.63, 3.8) is 0 Å². The molecule has 1 rings (SSSR count). The van der Waals surface area contributed by atoms with E-state index in [4.69, 9.17) is 0 Å². The summed E-state index contributed by atoms with van der Waals surface area (Å²) in [4.78, 5) is 19.5. The Hall–Kier alpha value is -1.28. The third-order valence-corrected chi connectivity index (χ3v) is 1.09. The molecule has 0 saturated carbocycles. The van der Waals surface area contributed by atoms with Crippen molar-refractivity contribution >= 4 is 27.8 Å². The van der Waals surface area contributed by atoms with E-state index in [0.717, 1.165) is 0 Å². The Morgan fingerprint density at radius 3 is 3.18 bits per heavy atom. The third-order valence-electron chi connectivity index (χ3n) is 0.891. The quantitative estimate of drug-likeness (QED) is 0.676. The summed E-state index contributed by atoms with van der Waals surface area (Å²) in [6, 6.07) is 0. The van der Waals surface area contributed by atoms with E-state index >= 15 is 0 Å². The highest BCUT2D eigenvalue weighted by Gasteiger charge is 1.96. The average Bonchev–Trinajstić information content (AvgIpc) is 2.40. The van der Waals surface area contributed by atoms with Crippen LogP contribution >= 0.6 is 15.9 Å². The Morgan fingerprint density at radius 2 is 2.64 bits per heavy atom. The lowest BCUT2D eigenvalue weighted by molar-refractivity contribution is -0.111. The normalized spacial score (nSPS) is 8.09. The van der Waals surface area contributed by atoms with E-state index in [1.165, 1.54) is 6.20 Å². The van der Waals surface area contributed by atoms with E-state index in [1.807, 2.05) is 0 Å². The Kier molecular flexibility index (Phi) is 2.69. The van der Waals surface area contributed by atoms with Crippen LogP contribution in [0.25, 0.3) is 0 Å². The van der Waals surface area contributed by atoms with E-state index in [-0.39, 0.29) is 0 Å². The topological polar surface area (TPSA) is 57.8 Å². The molecule has 0 spiro atoms. The first-order chi connectivity index (χ1) is 5.33. The van der Waals surface area contributed by atoms with Gasteiger partial charge in [-0.3, -0.25) is 10.1 Å². The first-order valence-electron chi connectivity index (χ1n) is 2.75. The van der Waals surface area contributed by atoms with E-state index < -0.39 is 5.91 Å². The van der Waals surface area contributed by atoms with Crippen LogP contribution in [0.2, 0.25) is 0 Å². The van der Waals surface area contributed by atoms with Gasteiger partial charge in [0.05, 0.1) is 0 Å². The zero-order chi connectivity index (χ0) is 8.10. The monoisotopic (exact) mass is 213 g/mol. The molecule has 5 heteroatoms.